The molecule has 1 fully saturated rings. The minimum absolute atomic E-state index is 0.136. The van der Waals surface area contributed by atoms with Crippen LogP contribution in [0, 0.1) is 13.8 Å². The van der Waals surface area contributed by atoms with Crippen LogP contribution in [-0.2, 0) is 7.05 Å². The van der Waals surface area contributed by atoms with Crippen LogP contribution >= 0.6 is 11.3 Å². The van der Waals surface area contributed by atoms with Crippen molar-refractivity contribution in [3.05, 3.63) is 39.5 Å². The van der Waals surface area contributed by atoms with Gasteiger partial charge in [-0.25, -0.2) is 14.6 Å². The second-order valence-corrected chi connectivity index (χ2v) is 7.93. The lowest BCUT2D eigenvalue weighted by Gasteiger charge is -2.31. The van der Waals surface area contributed by atoms with Crippen LogP contribution < -0.4 is 0 Å². The van der Waals surface area contributed by atoms with E-state index in [1.165, 1.54) is 10.4 Å². The number of piperidine rings is 1. The molecule has 130 valence electrons. The van der Waals surface area contributed by atoms with E-state index in [0.29, 0.717) is 6.54 Å². The number of aryl methyl sites for hydroxylation is 3. The van der Waals surface area contributed by atoms with Gasteiger partial charge in [0.05, 0.1) is 10.6 Å². The van der Waals surface area contributed by atoms with Gasteiger partial charge in [0, 0.05) is 43.3 Å². The van der Waals surface area contributed by atoms with E-state index in [0.717, 1.165) is 41.1 Å². The fraction of sp³-hybridized carbons (Fsp3) is 0.444. The molecule has 25 heavy (non-hydrogen) atoms. The van der Waals surface area contributed by atoms with Gasteiger partial charge >= 0.3 is 0 Å². The monoisotopic (exact) mass is 355 g/mol. The number of nitrogens with zero attached hydrogens (tertiary/aromatic N) is 5. The van der Waals surface area contributed by atoms with Crippen molar-refractivity contribution in [1.29, 1.82) is 0 Å². The number of carbonyl (C=O) groups is 1. The Hall–Kier alpha value is -2.28. The molecule has 7 heteroatoms. The average Bonchev–Trinajstić information content (AvgIpc) is 3.15. The molecular formula is C18H21N5OS. The number of hydrogen-bond acceptors (Lipinski definition) is 5. The van der Waals surface area contributed by atoms with Gasteiger partial charge in [0.25, 0.3) is 5.91 Å². The first-order valence-electron chi connectivity index (χ1n) is 8.54. The topological polar surface area (TPSA) is 63.9 Å². The predicted molar refractivity (Wildman–Crippen MR) is 98.0 cm³/mol. The molecule has 0 saturated carbocycles. The van der Waals surface area contributed by atoms with Crippen molar-refractivity contribution in [2.75, 3.05) is 13.1 Å². The van der Waals surface area contributed by atoms with Crippen LogP contribution in [0.5, 0.6) is 0 Å². The van der Waals surface area contributed by atoms with E-state index >= 15 is 0 Å². The molecule has 0 aliphatic carbocycles. The van der Waals surface area contributed by atoms with Crippen LogP contribution in [0.25, 0.3) is 11.2 Å². The van der Waals surface area contributed by atoms with E-state index in [9.17, 15) is 4.79 Å². The zero-order chi connectivity index (χ0) is 17.6. The van der Waals surface area contributed by atoms with Crippen LogP contribution in [0.3, 0.4) is 0 Å². The van der Waals surface area contributed by atoms with Crippen molar-refractivity contribution in [3.63, 3.8) is 0 Å². The molecule has 6 nitrogen and oxygen atoms in total. The van der Waals surface area contributed by atoms with Gasteiger partial charge in [-0.2, -0.15) is 5.10 Å². The zero-order valence-corrected chi connectivity index (χ0v) is 15.5. The maximum atomic E-state index is 12.9. The third-order valence-corrected chi connectivity index (χ3v) is 6.10. The largest absolute Gasteiger partial charge is 0.337 e. The van der Waals surface area contributed by atoms with Crippen molar-refractivity contribution in [2.45, 2.75) is 32.6 Å². The molecule has 0 aromatic carbocycles. The molecule has 3 aromatic rings. The summed E-state index contributed by atoms with van der Waals surface area (Å²) < 4.78 is 1.78. The van der Waals surface area contributed by atoms with Gasteiger partial charge in [0.15, 0.2) is 5.65 Å². The van der Waals surface area contributed by atoms with Gasteiger partial charge in [0.1, 0.15) is 5.52 Å². The summed E-state index contributed by atoms with van der Waals surface area (Å²) in [6.07, 6.45) is 5.40. The molecule has 4 rings (SSSR count). The number of carbonyl (C=O) groups excluding carboxylic acids is 1. The summed E-state index contributed by atoms with van der Waals surface area (Å²) in [4.78, 5) is 25.7. The van der Waals surface area contributed by atoms with Gasteiger partial charge in [0.2, 0.25) is 0 Å². The minimum Gasteiger partial charge on any atom is -0.337 e. The maximum absolute atomic E-state index is 12.9. The molecule has 1 amide bonds. The molecule has 1 saturated heterocycles. The first kappa shape index (κ1) is 16.2. The van der Waals surface area contributed by atoms with Gasteiger partial charge in [-0.15, -0.1) is 11.3 Å². The molecule has 1 aliphatic heterocycles. The number of fused-ring (bicyclic) bond motifs is 1. The summed E-state index contributed by atoms with van der Waals surface area (Å²) in [6, 6.07) is 2.01. The molecule has 3 aromatic heterocycles. The third-order valence-electron chi connectivity index (χ3n) is 4.96. The van der Waals surface area contributed by atoms with Gasteiger partial charge in [-0.3, -0.25) is 4.79 Å². The third kappa shape index (κ3) is 2.82. The van der Waals surface area contributed by atoms with E-state index in [4.69, 9.17) is 0 Å². The second-order valence-electron chi connectivity index (χ2n) is 6.68. The van der Waals surface area contributed by atoms with Crippen LogP contribution in [0.4, 0.5) is 0 Å². The summed E-state index contributed by atoms with van der Waals surface area (Å²) in [6.45, 7) is 5.62. The van der Waals surface area contributed by atoms with E-state index in [-0.39, 0.29) is 11.8 Å². The average molecular weight is 355 g/mol. The Labute approximate surface area is 150 Å². The molecule has 1 atom stereocenters. The van der Waals surface area contributed by atoms with Gasteiger partial charge < -0.3 is 4.90 Å². The van der Waals surface area contributed by atoms with Gasteiger partial charge in [-0.1, -0.05) is 0 Å². The van der Waals surface area contributed by atoms with Crippen molar-refractivity contribution in [3.8, 4) is 0 Å². The minimum atomic E-state index is 0.136. The van der Waals surface area contributed by atoms with Crippen LogP contribution in [0.2, 0.25) is 0 Å². The highest BCUT2D eigenvalue weighted by Gasteiger charge is 2.29. The smallest absolute Gasteiger partial charge is 0.263 e. The Morgan fingerprint density at radius 3 is 2.84 bits per heavy atom. The number of aromatic nitrogens is 4. The number of rotatable bonds is 2. The Balaban J connectivity index is 1.61. The van der Waals surface area contributed by atoms with Crippen molar-refractivity contribution < 1.29 is 4.79 Å². The lowest BCUT2D eigenvalue weighted by atomic mass is 9.94. The maximum Gasteiger partial charge on any atom is 0.263 e. The molecule has 1 aliphatic rings. The summed E-state index contributed by atoms with van der Waals surface area (Å²) in [5.74, 6) is 0.345. The van der Waals surface area contributed by atoms with Gasteiger partial charge in [-0.05, 0) is 38.3 Å². The quantitative estimate of drug-likeness (QED) is 0.709. The molecule has 4 heterocycles. The Morgan fingerprint density at radius 2 is 2.08 bits per heavy atom. The molecule has 0 spiro atoms. The summed E-state index contributed by atoms with van der Waals surface area (Å²) >= 11 is 1.59. The highest BCUT2D eigenvalue weighted by Crippen LogP contribution is 2.31. The number of likely N-dealkylation sites (tertiary alicyclic amines) is 1. The molecule has 1 unspecified atom stereocenters. The Kier molecular flexibility index (Phi) is 4.03. The van der Waals surface area contributed by atoms with E-state index in [2.05, 4.69) is 28.9 Å². The Bertz CT molecular complexity index is 925. The number of thiophene rings is 1. The molecule has 0 N–H and O–H groups in total. The summed E-state index contributed by atoms with van der Waals surface area (Å²) in [7, 11) is 1.89. The fourth-order valence-corrected chi connectivity index (χ4v) is 4.50. The highest BCUT2D eigenvalue weighted by atomic mass is 32.1. The van der Waals surface area contributed by atoms with Crippen LogP contribution in [0.15, 0.2) is 18.5 Å². The van der Waals surface area contributed by atoms with E-state index in [1.54, 1.807) is 28.4 Å². The van der Waals surface area contributed by atoms with Crippen LogP contribution in [0.1, 0.15) is 44.6 Å². The fourth-order valence-electron chi connectivity index (χ4n) is 3.50. The van der Waals surface area contributed by atoms with E-state index < -0.39 is 0 Å². The number of amides is 1. The lowest BCUT2D eigenvalue weighted by molar-refractivity contribution is 0.0711. The molecule has 0 radical (unpaired) electrons. The normalized spacial score (nSPS) is 18.0. The van der Waals surface area contributed by atoms with Crippen molar-refractivity contribution in [2.24, 2.45) is 7.05 Å². The van der Waals surface area contributed by atoms with Crippen LogP contribution in [-0.4, -0.2) is 43.6 Å². The Morgan fingerprint density at radius 1 is 1.28 bits per heavy atom. The standard InChI is InChI=1S/C18H21N5OS/c1-11-9-14(25-12(11)2)18(24)23-8-4-5-13(10-23)15-16-17(22(3)21-15)20-7-6-19-16/h6-7,9,13H,4-5,8,10H2,1-3H3. The SMILES string of the molecule is Cc1cc(C(=O)N2CCCC(c3nn(C)c4nccnc34)C2)sc1C. The van der Waals surface area contributed by atoms with E-state index in [1.807, 2.05) is 18.0 Å². The molecular weight excluding hydrogens is 334 g/mol. The summed E-state index contributed by atoms with van der Waals surface area (Å²) in [5, 5.41) is 4.65. The second kappa shape index (κ2) is 6.22. The van der Waals surface area contributed by atoms with Crippen molar-refractivity contribution in [1.82, 2.24) is 24.6 Å². The molecule has 0 bridgehead atoms. The first-order chi connectivity index (χ1) is 12.0. The first-order valence-corrected chi connectivity index (χ1v) is 9.36. The van der Waals surface area contributed by atoms with Crippen molar-refractivity contribution >= 4 is 28.4 Å². The lowest BCUT2D eigenvalue weighted by Crippen LogP contribution is -2.39. The highest BCUT2D eigenvalue weighted by molar-refractivity contribution is 7.14. The number of hydrogen-bond donors (Lipinski definition) is 0. The summed E-state index contributed by atoms with van der Waals surface area (Å²) in [5.41, 5.74) is 3.80. The zero-order valence-electron chi connectivity index (χ0n) is 14.7. The predicted octanol–water partition coefficient (Wildman–Crippen LogP) is 3.06.